The Kier molecular flexibility index (Phi) is 4.99. The quantitative estimate of drug-likeness (QED) is 0.842. The van der Waals surface area contributed by atoms with E-state index in [1.807, 2.05) is 0 Å². The lowest BCUT2D eigenvalue weighted by molar-refractivity contribution is -0.126. The van der Waals surface area contributed by atoms with E-state index in [9.17, 15) is 13.2 Å². The second-order valence-electron chi connectivity index (χ2n) is 6.21. The Balaban J connectivity index is 1.67. The molecular weight excluding hydrogens is 314 g/mol. The lowest BCUT2D eigenvalue weighted by atomic mass is 9.98. The van der Waals surface area contributed by atoms with Gasteiger partial charge >= 0.3 is 0 Å². The van der Waals surface area contributed by atoms with Crippen molar-refractivity contribution in [1.29, 1.82) is 0 Å². The monoisotopic (exact) mass is 337 g/mol. The van der Waals surface area contributed by atoms with Crippen LogP contribution in [-0.4, -0.2) is 50.9 Å². The van der Waals surface area contributed by atoms with Crippen LogP contribution in [0, 0.1) is 5.92 Å². The molecule has 2 unspecified atom stereocenters. The number of carbonyl (C=O) groups excluding carboxylic acids is 1. The van der Waals surface area contributed by atoms with E-state index in [-0.39, 0.29) is 24.4 Å². The molecule has 1 aromatic rings. The average Bonchev–Trinajstić information content (AvgIpc) is 3.09. The number of carbonyl (C=O) groups is 1. The van der Waals surface area contributed by atoms with Crippen LogP contribution in [0.1, 0.15) is 19.3 Å². The summed E-state index contributed by atoms with van der Waals surface area (Å²) in [6.07, 6.45) is 2.39. The van der Waals surface area contributed by atoms with Gasteiger partial charge in [0, 0.05) is 25.7 Å². The topological polar surface area (TPSA) is 78.5 Å². The predicted molar refractivity (Wildman–Crippen MR) is 87.3 cm³/mol. The van der Waals surface area contributed by atoms with Crippen molar-refractivity contribution < 1.29 is 13.2 Å². The maximum Gasteiger partial charge on any atom is 0.243 e. The number of rotatable bonds is 4. The van der Waals surface area contributed by atoms with Gasteiger partial charge in [-0.15, -0.1) is 0 Å². The van der Waals surface area contributed by atoms with Crippen LogP contribution in [-0.2, 0) is 14.8 Å². The molecule has 2 saturated heterocycles. The first-order valence-corrected chi connectivity index (χ1v) is 9.57. The van der Waals surface area contributed by atoms with E-state index in [1.165, 1.54) is 4.31 Å². The maximum atomic E-state index is 12.7. The first-order valence-electron chi connectivity index (χ1n) is 8.13. The van der Waals surface area contributed by atoms with Crippen LogP contribution in [0.4, 0.5) is 0 Å². The molecule has 0 radical (unpaired) electrons. The molecule has 2 fully saturated rings. The number of benzene rings is 1. The molecule has 1 aromatic carbocycles. The van der Waals surface area contributed by atoms with Crippen LogP contribution in [0.3, 0.4) is 0 Å². The third kappa shape index (κ3) is 3.73. The van der Waals surface area contributed by atoms with Crippen molar-refractivity contribution >= 4 is 15.9 Å². The summed E-state index contributed by atoms with van der Waals surface area (Å²) >= 11 is 0. The smallest absolute Gasteiger partial charge is 0.243 e. The molecule has 0 spiro atoms. The summed E-state index contributed by atoms with van der Waals surface area (Å²) in [5, 5.41) is 6.25. The summed E-state index contributed by atoms with van der Waals surface area (Å²) in [7, 11) is -3.51. The fourth-order valence-corrected chi connectivity index (χ4v) is 4.76. The number of hydrogen-bond donors (Lipinski definition) is 2. The second-order valence-corrected chi connectivity index (χ2v) is 8.15. The summed E-state index contributed by atoms with van der Waals surface area (Å²) in [6.45, 7) is 2.46. The van der Waals surface area contributed by atoms with Gasteiger partial charge in [0.05, 0.1) is 10.8 Å². The minimum atomic E-state index is -3.51. The molecular formula is C16H23N3O3S. The van der Waals surface area contributed by atoms with E-state index < -0.39 is 10.0 Å². The first kappa shape index (κ1) is 16.4. The number of amides is 1. The minimum absolute atomic E-state index is 0.0216. The van der Waals surface area contributed by atoms with Gasteiger partial charge < -0.3 is 10.6 Å². The Morgan fingerprint density at radius 2 is 2.00 bits per heavy atom. The summed E-state index contributed by atoms with van der Waals surface area (Å²) in [6, 6.07) is 8.60. The molecule has 126 valence electrons. The number of hydrogen-bond acceptors (Lipinski definition) is 4. The van der Waals surface area contributed by atoms with Crippen LogP contribution in [0.2, 0.25) is 0 Å². The highest BCUT2D eigenvalue weighted by atomic mass is 32.2. The van der Waals surface area contributed by atoms with Crippen LogP contribution in [0.5, 0.6) is 0 Å². The van der Waals surface area contributed by atoms with Gasteiger partial charge in [0.15, 0.2) is 0 Å². The SMILES string of the molecule is O=C(NC1CCNC1)C1CCCN(S(=O)(=O)c2ccccc2)C1. The third-order valence-electron chi connectivity index (χ3n) is 4.54. The molecule has 0 saturated carbocycles. The summed E-state index contributed by atoms with van der Waals surface area (Å²) in [5.41, 5.74) is 0. The average molecular weight is 337 g/mol. The van der Waals surface area contributed by atoms with E-state index in [2.05, 4.69) is 10.6 Å². The predicted octanol–water partition coefficient (Wildman–Crippen LogP) is 0.565. The van der Waals surface area contributed by atoms with Gasteiger partial charge in [0.2, 0.25) is 15.9 Å². The molecule has 0 bridgehead atoms. The van der Waals surface area contributed by atoms with Crippen LogP contribution in [0.15, 0.2) is 35.2 Å². The Labute approximate surface area is 137 Å². The molecule has 6 nitrogen and oxygen atoms in total. The lowest BCUT2D eigenvalue weighted by Crippen LogP contribution is -2.47. The second kappa shape index (κ2) is 6.98. The zero-order chi connectivity index (χ0) is 16.3. The highest BCUT2D eigenvalue weighted by molar-refractivity contribution is 7.89. The van der Waals surface area contributed by atoms with Crippen LogP contribution >= 0.6 is 0 Å². The van der Waals surface area contributed by atoms with Crippen molar-refractivity contribution in [3.05, 3.63) is 30.3 Å². The molecule has 2 atom stereocenters. The largest absolute Gasteiger partial charge is 0.352 e. The van der Waals surface area contributed by atoms with Crippen molar-refractivity contribution in [2.45, 2.75) is 30.2 Å². The number of piperidine rings is 1. The van der Waals surface area contributed by atoms with Crippen molar-refractivity contribution in [2.75, 3.05) is 26.2 Å². The van der Waals surface area contributed by atoms with Gasteiger partial charge in [0.1, 0.15) is 0 Å². The normalized spacial score (nSPS) is 26.1. The summed E-state index contributed by atoms with van der Waals surface area (Å²) in [5.74, 6) is -0.283. The molecule has 0 aliphatic carbocycles. The van der Waals surface area contributed by atoms with Gasteiger partial charge in [-0.05, 0) is 37.9 Å². The van der Waals surface area contributed by atoms with Crippen molar-refractivity contribution in [3.63, 3.8) is 0 Å². The Bertz CT molecular complexity index is 642. The zero-order valence-electron chi connectivity index (χ0n) is 13.1. The highest BCUT2D eigenvalue weighted by Crippen LogP contribution is 2.24. The minimum Gasteiger partial charge on any atom is -0.352 e. The molecule has 2 aliphatic rings. The van der Waals surface area contributed by atoms with Gasteiger partial charge in [-0.3, -0.25) is 4.79 Å². The first-order chi connectivity index (χ1) is 11.1. The molecule has 2 aliphatic heterocycles. The van der Waals surface area contributed by atoms with Gasteiger partial charge in [0.25, 0.3) is 0 Å². The Hall–Kier alpha value is -1.44. The number of sulfonamides is 1. The fraction of sp³-hybridized carbons (Fsp3) is 0.562. The summed E-state index contributed by atoms with van der Waals surface area (Å²) < 4.78 is 26.8. The molecule has 0 aromatic heterocycles. The van der Waals surface area contributed by atoms with Crippen LogP contribution in [0.25, 0.3) is 0 Å². The Morgan fingerprint density at radius 3 is 2.70 bits per heavy atom. The number of nitrogens with one attached hydrogen (secondary N) is 2. The third-order valence-corrected chi connectivity index (χ3v) is 6.42. The summed E-state index contributed by atoms with van der Waals surface area (Å²) in [4.78, 5) is 12.7. The standard InChI is InChI=1S/C16H23N3O3S/c20-16(18-14-8-9-17-11-14)13-5-4-10-19(12-13)23(21,22)15-6-2-1-3-7-15/h1-3,6-7,13-14,17H,4-5,8-12H2,(H,18,20). The molecule has 2 heterocycles. The van der Waals surface area contributed by atoms with E-state index >= 15 is 0 Å². The van der Waals surface area contributed by atoms with Crippen molar-refractivity contribution in [3.8, 4) is 0 Å². The van der Waals surface area contributed by atoms with Crippen molar-refractivity contribution in [1.82, 2.24) is 14.9 Å². The molecule has 1 amide bonds. The van der Waals surface area contributed by atoms with Crippen LogP contribution < -0.4 is 10.6 Å². The highest BCUT2D eigenvalue weighted by Gasteiger charge is 2.34. The van der Waals surface area contributed by atoms with E-state index in [0.29, 0.717) is 17.9 Å². The zero-order valence-corrected chi connectivity index (χ0v) is 13.9. The van der Waals surface area contributed by atoms with E-state index in [1.54, 1.807) is 30.3 Å². The van der Waals surface area contributed by atoms with Gasteiger partial charge in [-0.1, -0.05) is 18.2 Å². The molecule has 3 rings (SSSR count). The fourth-order valence-electron chi connectivity index (χ4n) is 3.21. The molecule has 2 N–H and O–H groups in total. The molecule has 7 heteroatoms. The number of nitrogens with zero attached hydrogens (tertiary/aromatic N) is 1. The maximum absolute atomic E-state index is 12.7. The van der Waals surface area contributed by atoms with Gasteiger partial charge in [-0.2, -0.15) is 4.31 Å². The van der Waals surface area contributed by atoms with E-state index in [0.717, 1.165) is 25.9 Å². The molecule has 23 heavy (non-hydrogen) atoms. The van der Waals surface area contributed by atoms with E-state index in [4.69, 9.17) is 0 Å². The van der Waals surface area contributed by atoms with Crippen molar-refractivity contribution in [2.24, 2.45) is 5.92 Å². The lowest BCUT2D eigenvalue weighted by Gasteiger charge is -2.31. The Morgan fingerprint density at radius 1 is 1.22 bits per heavy atom. The van der Waals surface area contributed by atoms with Gasteiger partial charge in [-0.25, -0.2) is 8.42 Å².